The van der Waals surface area contributed by atoms with Gasteiger partial charge in [0.2, 0.25) is 5.91 Å². The predicted octanol–water partition coefficient (Wildman–Crippen LogP) is 1.10. The van der Waals surface area contributed by atoms with Gasteiger partial charge >= 0.3 is 0 Å². The molecule has 0 atom stereocenters. The molecule has 1 aliphatic carbocycles. The molecule has 1 aromatic carbocycles. The first-order valence-corrected chi connectivity index (χ1v) is 9.13. The van der Waals surface area contributed by atoms with E-state index in [0.29, 0.717) is 12.1 Å². The molecular formula is C19H28FN2O2+. The highest BCUT2D eigenvalue weighted by Crippen LogP contribution is 2.25. The molecular weight excluding hydrogens is 307 g/mol. The van der Waals surface area contributed by atoms with E-state index in [1.165, 1.54) is 25.3 Å². The van der Waals surface area contributed by atoms with Crippen LogP contribution >= 0.6 is 0 Å². The van der Waals surface area contributed by atoms with Gasteiger partial charge in [0.15, 0.2) is 0 Å². The highest BCUT2D eigenvalue weighted by molar-refractivity contribution is 5.78. The van der Waals surface area contributed by atoms with E-state index in [-0.39, 0.29) is 23.7 Å². The molecule has 2 aliphatic rings. The van der Waals surface area contributed by atoms with Crippen LogP contribution in [0.1, 0.15) is 37.7 Å². The molecule has 0 bridgehead atoms. The minimum Gasteiger partial charge on any atom is -0.370 e. The fraction of sp³-hybridized carbons (Fsp3) is 0.632. The minimum absolute atomic E-state index is 0.0855. The van der Waals surface area contributed by atoms with Crippen molar-refractivity contribution in [1.82, 2.24) is 5.32 Å². The van der Waals surface area contributed by atoms with E-state index >= 15 is 0 Å². The first-order valence-electron chi connectivity index (χ1n) is 9.13. The smallest absolute Gasteiger partial charge is 0.224 e. The number of ether oxygens (including phenoxy) is 1. The van der Waals surface area contributed by atoms with Gasteiger partial charge in [-0.25, -0.2) is 4.39 Å². The number of amides is 1. The zero-order valence-electron chi connectivity index (χ0n) is 14.3. The Hall–Kier alpha value is -1.46. The number of rotatable bonds is 5. The van der Waals surface area contributed by atoms with Crippen LogP contribution in [-0.4, -0.2) is 44.3 Å². The largest absolute Gasteiger partial charge is 0.370 e. The number of benzene rings is 1. The number of quaternary nitrogens is 1. The summed E-state index contributed by atoms with van der Waals surface area (Å²) in [5.74, 6) is -0.392. The SMILES string of the molecule is O=C(Cc1ccccc1F)NCC1([NH+]2CCOCC2)CCCCC1. The summed E-state index contributed by atoms with van der Waals surface area (Å²) in [6.45, 7) is 4.34. The fourth-order valence-corrected chi connectivity index (χ4v) is 4.18. The van der Waals surface area contributed by atoms with Crippen LogP contribution in [0.2, 0.25) is 0 Å². The summed E-state index contributed by atoms with van der Waals surface area (Å²) in [4.78, 5) is 13.9. The van der Waals surface area contributed by atoms with Gasteiger partial charge in [0, 0.05) is 12.8 Å². The first-order chi connectivity index (χ1) is 11.7. The minimum atomic E-state index is -0.307. The summed E-state index contributed by atoms with van der Waals surface area (Å²) in [5.41, 5.74) is 0.596. The first kappa shape index (κ1) is 17.4. The van der Waals surface area contributed by atoms with Crippen LogP contribution in [0.4, 0.5) is 4.39 Å². The van der Waals surface area contributed by atoms with Crippen LogP contribution < -0.4 is 10.2 Å². The van der Waals surface area contributed by atoms with Crippen molar-refractivity contribution in [2.75, 3.05) is 32.8 Å². The highest BCUT2D eigenvalue weighted by Gasteiger charge is 2.42. The third-order valence-corrected chi connectivity index (χ3v) is 5.59. The van der Waals surface area contributed by atoms with Crippen molar-refractivity contribution in [3.63, 3.8) is 0 Å². The van der Waals surface area contributed by atoms with E-state index in [0.717, 1.165) is 39.1 Å². The molecule has 0 aromatic heterocycles. The van der Waals surface area contributed by atoms with Crippen molar-refractivity contribution in [3.8, 4) is 0 Å². The van der Waals surface area contributed by atoms with Gasteiger partial charge in [-0.2, -0.15) is 0 Å². The molecule has 4 nitrogen and oxygen atoms in total. The Morgan fingerprint density at radius 1 is 1.17 bits per heavy atom. The average molecular weight is 335 g/mol. The Labute approximate surface area is 143 Å². The molecule has 1 saturated heterocycles. The lowest BCUT2D eigenvalue weighted by Gasteiger charge is -2.45. The molecule has 1 saturated carbocycles. The van der Waals surface area contributed by atoms with Crippen LogP contribution in [0.15, 0.2) is 24.3 Å². The third kappa shape index (κ3) is 4.14. The van der Waals surface area contributed by atoms with E-state index < -0.39 is 0 Å². The zero-order chi connectivity index (χ0) is 16.8. The normalized spacial score (nSPS) is 21.4. The Kier molecular flexibility index (Phi) is 5.85. The Balaban J connectivity index is 1.60. The van der Waals surface area contributed by atoms with Gasteiger partial charge in [-0.3, -0.25) is 4.79 Å². The second-order valence-corrected chi connectivity index (χ2v) is 7.10. The highest BCUT2D eigenvalue weighted by atomic mass is 19.1. The van der Waals surface area contributed by atoms with Gasteiger partial charge in [-0.05, 0) is 24.5 Å². The molecule has 1 heterocycles. The monoisotopic (exact) mass is 335 g/mol. The van der Waals surface area contributed by atoms with Gasteiger partial charge in [0.1, 0.15) is 24.4 Å². The van der Waals surface area contributed by atoms with E-state index in [1.54, 1.807) is 23.1 Å². The van der Waals surface area contributed by atoms with Crippen LogP contribution in [-0.2, 0) is 16.0 Å². The quantitative estimate of drug-likeness (QED) is 0.846. The van der Waals surface area contributed by atoms with E-state index in [4.69, 9.17) is 4.74 Å². The Morgan fingerprint density at radius 2 is 1.88 bits per heavy atom. The number of nitrogens with one attached hydrogen (secondary N) is 2. The third-order valence-electron chi connectivity index (χ3n) is 5.59. The van der Waals surface area contributed by atoms with Crippen LogP contribution in [0.3, 0.4) is 0 Å². The summed E-state index contributed by atoms with van der Waals surface area (Å²) < 4.78 is 19.2. The maximum atomic E-state index is 13.7. The van der Waals surface area contributed by atoms with Crippen molar-refractivity contribution in [1.29, 1.82) is 0 Å². The van der Waals surface area contributed by atoms with Gasteiger partial charge in [-0.1, -0.05) is 24.6 Å². The zero-order valence-corrected chi connectivity index (χ0v) is 14.3. The van der Waals surface area contributed by atoms with Crippen LogP contribution in [0.25, 0.3) is 0 Å². The Morgan fingerprint density at radius 3 is 2.58 bits per heavy atom. The lowest BCUT2D eigenvalue weighted by molar-refractivity contribution is -0.960. The number of halogens is 1. The standard InChI is InChI=1S/C19H27FN2O2/c20-17-7-3-2-6-16(17)14-18(23)21-15-19(8-4-1-5-9-19)22-10-12-24-13-11-22/h2-3,6-7H,1,4-5,8-15H2,(H,21,23)/p+1. The van der Waals surface area contributed by atoms with Crippen LogP contribution in [0.5, 0.6) is 0 Å². The summed E-state index contributed by atoms with van der Waals surface area (Å²) in [6, 6.07) is 6.50. The number of carbonyl (C=O) groups excluding carboxylic acids is 1. The molecule has 0 unspecified atom stereocenters. The fourth-order valence-electron chi connectivity index (χ4n) is 4.18. The van der Waals surface area contributed by atoms with E-state index in [2.05, 4.69) is 5.32 Å². The number of morpholine rings is 1. The summed E-state index contributed by atoms with van der Waals surface area (Å²) in [5, 5.41) is 3.10. The average Bonchev–Trinajstić information content (AvgIpc) is 2.63. The number of hydrogen-bond donors (Lipinski definition) is 2. The van der Waals surface area contributed by atoms with Gasteiger partial charge in [0.05, 0.1) is 26.2 Å². The van der Waals surface area contributed by atoms with E-state index in [1.807, 2.05) is 0 Å². The van der Waals surface area contributed by atoms with Crippen molar-refractivity contribution in [2.45, 2.75) is 44.1 Å². The maximum Gasteiger partial charge on any atom is 0.224 e. The molecule has 0 radical (unpaired) electrons. The second-order valence-electron chi connectivity index (χ2n) is 7.10. The van der Waals surface area contributed by atoms with E-state index in [9.17, 15) is 9.18 Å². The van der Waals surface area contributed by atoms with Gasteiger partial charge in [0.25, 0.3) is 0 Å². The van der Waals surface area contributed by atoms with Crippen molar-refractivity contribution < 1.29 is 18.8 Å². The summed E-state index contributed by atoms with van der Waals surface area (Å²) in [7, 11) is 0. The Bertz CT molecular complexity index is 552. The summed E-state index contributed by atoms with van der Waals surface area (Å²) in [6.07, 6.45) is 6.17. The molecule has 0 spiro atoms. The maximum absolute atomic E-state index is 13.7. The molecule has 3 rings (SSSR count). The molecule has 24 heavy (non-hydrogen) atoms. The lowest BCUT2D eigenvalue weighted by Crippen LogP contribution is -3.23. The molecule has 5 heteroatoms. The lowest BCUT2D eigenvalue weighted by atomic mass is 9.79. The molecule has 132 valence electrons. The molecule has 2 N–H and O–H groups in total. The van der Waals surface area contributed by atoms with Crippen molar-refractivity contribution >= 4 is 5.91 Å². The van der Waals surface area contributed by atoms with Crippen molar-refractivity contribution in [3.05, 3.63) is 35.6 Å². The number of hydrogen-bond acceptors (Lipinski definition) is 2. The van der Waals surface area contributed by atoms with Gasteiger partial charge < -0.3 is 15.0 Å². The molecule has 1 aromatic rings. The topological polar surface area (TPSA) is 42.8 Å². The summed E-state index contributed by atoms with van der Waals surface area (Å²) >= 11 is 0. The molecule has 1 amide bonds. The van der Waals surface area contributed by atoms with Crippen molar-refractivity contribution in [2.24, 2.45) is 0 Å². The van der Waals surface area contributed by atoms with Crippen LogP contribution in [0, 0.1) is 5.82 Å². The number of carbonyl (C=O) groups is 1. The second kappa shape index (κ2) is 8.08. The van der Waals surface area contributed by atoms with Gasteiger partial charge in [-0.15, -0.1) is 0 Å². The predicted molar refractivity (Wildman–Crippen MR) is 90.4 cm³/mol. The molecule has 1 aliphatic heterocycles. The molecule has 2 fully saturated rings.